The maximum Gasteiger partial charge on any atom is 0.0337 e. The number of hydrogen-bond donors (Lipinski definition) is 1. The molecule has 3 rings (SSSR count). The van der Waals surface area contributed by atoms with Crippen molar-refractivity contribution in [1.82, 2.24) is 15.1 Å². The lowest BCUT2D eigenvalue weighted by atomic mass is 9.83. The molecule has 1 aliphatic carbocycles. The number of hydrogen-bond acceptors (Lipinski definition) is 3. The number of nitrogens with one attached hydrogen (secondary N) is 1. The van der Waals surface area contributed by atoms with Crippen LogP contribution in [0.25, 0.3) is 0 Å². The van der Waals surface area contributed by atoms with Crippen LogP contribution in [0.2, 0.25) is 0 Å². The van der Waals surface area contributed by atoms with Crippen molar-refractivity contribution in [3.05, 3.63) is 35.4 Å². The lowest BCUT2D eigenvalue weighted by molar-refractivity contribution is 0.0963. The Bertz CT molecular complexity index is 438. The van der Waals surface area contributed by atoms with Gasteiger partial charge < -0.3 is 10.2 Å². The number of benzene rings is 1. The number of likely N-dealkylation sites (N-methyl/N-ethyl adjacent to an activating group) is 1. The van der Waals surface area contributed by atoms with Crippen LogP contribution in [0.4, 0.5) is 0 Å². The summed E-state index contributed by atoms with van der Waals surface area (Å²) in [6, 6.07) is 10.2. The summed E-state index contributed by atoms with van der Waals surface area (Å²) in [4.78, 5) is 5.15. The first-order valence-corrected chi connectivity index (χ1v) is 8.01. The normalized spacial score (nSPS) is 28.3. The summed E-state index contributed by atoms with van der Waals surface area (Å²) in [5.41, 5.74) is 3.08. The van der Waals surface area contributed by atoms with Gasteiger partial charge in [-0.15, -0.1) is 0 Å². The quantitative estimate of drug-likeness (QED) is 0.907. The van der Waals surface area contributed by atoms with Gasteiger partial charge in [-0.2, -0.15) is 0 Å². The summed E-state index contributed by atoms with van der Waals surface area (Å²) in [7, 11) is 2.23. The predicted molar refractivity (Wildman–Crippen MR) is 84.0 cm³/mol. The summed E-state index contributed by atoms with van der Waals surface area (Å²) in [6.45, 7) is 8.13. The van der Waals surface area contributed by atoms with Gasteiger partial charge >= 0.3 is 0 Å². The van der Waals surface area contributed by atoms with E-state index in [1.165, 1.54) is 44.6 Å². The highest BCUT2D eigenvalue weighted by atomic mass is 15.3. The molecule has 0 saturated carbocycles. The third kappa shape index (κ3) is 2.90. The molecule has 2 aliphatic rings. The summed E-state index contributed by atoms with van der Waals surface area (Å²) in [5, 5.41) is 3.68. The number of nitrogens with zero attached hydrogens (tertiary/aromatic N) is 2. The minimum Gasteiger partial charge on any atom is -0.310 e. The second kappa shape index (κ2) is 6.25. The first-order valence-electron chi connectivity index (χ1n) is 8.01. The summed E-state index contributed by atoms with van der Waals surface area (Å²) < 4.78 is 0. The highest BCUT2D eigenvalue weighted by Gasteiger charge is 2.30. The van der Waals surface area contributed by atoms with Gasteiger partial charge in [0.05, 0.1) is 0 Å². The van der Waals surface area contributed by atoms with Crippen molar-refractivity contribution in [2.24, 2.45) is 0 Å². The number of piperazine rings is 1. The van der Waals surface area contributed by atoms with Crippen molar-refractivity contribution in [2.45, 2.75) is 31.8 Å². The largest absolute Gasteiger partial charge is 0.310 e. The SMILES string of the molecule is CCNC1CC(N2CCN(C)CC2)Cc2ccccc21. The zero-order chi connectivity index (χ0) is 13.9. The van der Waals surface area contributed by atoms with Crippen molar-refractivity contribution < 1.29 is 0 Å². The van der Waals surface area contributed by atoms with Gasteiger partial charge in [-0.05, 0) is 37.6 Å². The Morgan fingerprint density at radius 3 is 2.65 bits per heavy atom. The van der Waals surface area contributed by atoms with Crippen LogP contribution in [0.3, 0.4) is 0 Å². The van der Waals surface area contributed by atoms with Crippen LogP contribution >= 0.6 is 0 Å². The third-order valence-electron chi connectivity index (χ3n) is 4.90. The molecule has 2 unspecified atom stereocenters. The Kier molecular flexibility index (Phi) is 4.39. The standard InChI is InChI=1S/C17H27N3/c1-3-18-17-13-15(20-10-8-19(2)9-11-20)12-14-6-4-5-7-16(14)17/h4-7,15,17-18H,3,8-13H2,1-2H3. The Morgan fingerprint density at radius 1 is 1.15 bits per heavy atom. The van der Waals surface area contributed by atoms with E-state index in [-0.39, 0.29) is 0 Å². The predicted octanol–water partition coefficient (Wildman–Crippen LogP) is 1.90. The molecule has 0 aromatic heterocycles. The Morgan fingerprint density at radius 2 is 1.90 bits per heavy atom. The second-order valence-corrected chi connectivity index (χ2v) is 6.24. The van der Waals surface area contributed by atoms with Crippen LogP contribution < -0.4 is 5.32 Å². The summed E-state index contributed by atoms with van der Waals surface area (Å²) in [5.74, 6) is 0. The maximum absolute atomic E-state index is 3.68. The topological polar surface area (TPSA) is 18.5 Å². The van der Waals surface area contributed by atoms with Gasteiger partial charge in [0.1, 0.15) is 0 Å². The molecule has 3 heteroatoms. The molecule has 1 aliphatic heterocycles. The van der Waals surface area contributed by atoms with Crippen molar-refractivity contribution in [1.29, 1.82) is 0 Å². The Labute approximate surface area is 123 Å². The molecule has 110 valence electrons. The van der Waals surface area contributed by atoms with E-state index in [9.17, 15) is 0 Å². The molecule has 1 aromatic carbocycles. The van der Waals surface area contributed by atoms with E-state index in [2.05, 4.69) is 53.4 Å². The van der Waals surface area contributed by atoms with Gasteiger partial charge in [0.15, 0.2) is 0 Å². The molecule has 2 atom stereocenters. The molecule has 1 fully saturated rings. The Balaban J connectivity index is 1.75. The minimum atomic E-state index is 0.537. The summed E-state index contributed by atoms with van der Waals surface area (Å²) in [6.07, 6.45) is 2.48. The fraction of sp³-hybridized carbons (Fsp3) is 0.647. The van der Waals surface area contributed by atoms with Crippen LogP contribution in [-0.2, 0) is 6.42 Å². The van der Waals surface area contributed by atoms with E-state index in [4.69, 9.17) is 0 Å². The molecule has 3 nitrogen and oxygen atoms in total. The van der Waals surface area contributed by atoms with Crippen LogP contribution in [-0.4, -0.2) is 55.6 Å². The van der Waals surface area contributed by atoms with Crippen LogP contribution in [0, 0.1) is 0 Å². The van der Waals surface area contributed by atoms with Gasteiger partial charge in [-0.1, -0.05) is 31.2 Å². The van der Waals surface area contributed by atoms with Gasteiger partial charge in [0, 0.05) is 38.3 Å². The Hall–Kier alpha value is -0.900. The van der Waals surface area contributed by atoms with Gasteiger partial charge in [-0.25, -0.2) is 0 Å². The van der Waals surface area contributed by atoms with E-state index in [0.29, 0.717) is 12.1 Å². The summed E-state index contributed by atoms with van der Waals surface area (Å²) >= 11 is 0. The first kappa shape index (κ1) is 14.1. The van der Waals surface area contributed by atoms with Gasteiger partial charge in [0.25, 0.3) is 0 Å². The molecular weight excluding hydrogens is 246 g/mol. The number of rotatable bonds is 3. The molecule has 0 bridgehead atoms. The van der Waals surface area contributed by atoms with E-state index in [1.807, 2.05) is 0 Å². The smallest absolute Gasteiger partial charge is 0.0337 e. The van der Waals surface area contributed by atoms with E-state index < -0.39 is 0 Å². The van der Waals surface area contributed by atoms with Crippen LogP contribution in [0.1, 0.15) is 30.5 Å². The molecule has 0 radical (unpaired) electrons. The lowest BCUT2D eigenvalue weighted by Crippen LogP contribution is -2.51. The van der Waals surface area contributed by atoms with E-state index in [0.717, 1.165) is 6.54 Å². The molecule has 20 heavy (non-hydrogen) atoms. The lowest BCUT2D eigenvalue weighted by Gasteiger charge is -2.42. The zero-order valence-corrected chi connectivity index (χ0v) is 12.8. The van der Waals surface area contributed by atoms with Crippen molar-refractivity contribution in [2.75, 3.05) is 39.8 Å². The van der Waals surface area contributed by atoms with Crippen LogP contribution in [0.5, 0.6) is 0 Å². The monoisotopic (exact) mass is 273 g/mol. The van der Waals surface area contributed by atoms with Crippen molar-refractivity contribution in [3.63, 3.8) is 0 Å². The zero-order valence-electron chi connectivity index (χ0n) is 12.8. The third-order valence-corrected chi connectivity index (χ3v) is 4.90. The average molecular weight is 273 g/mol. The van der Waals surface area contributed by atoms with Gasteiger partial charge in [-0.3, -0.25) is 4.90 Å². The fourth-order valence-electron chi connectivity index (χ4n) is 3.70. The molecule has 1 N–H and O–H groups in total. The highest BCUT2D eigenvalue weighted by molar-refractivity contribution is 5.33. The molecular formula is C17H27N3. The fourth-order valence-corrected chi connectivity index (χ4v) is 3.70. The highest BCUT2D eigenvalue weighted by Crippen LogP contribution is 2.32. The second-order valence-electron chi connectivity index (χ2n) is 6.24. The molecule has 1 saturated heterocycles. The van der Waals surface area contributed by atoms with Crippen LogP contribution in [0.15, 0.2) is 24.3 Å². The maximum atomic E-state index is 3.68. The first-order chi connectivity index (χ1) is 9.78. The molecule has 1 aromatic rings. The average Bonchev–Trinajstić information content (AvgIpc) is 2.48. The van der Waals surface area contributed by atoms with E-state index >= 15 is 0 Å². The van der Waals surface area contributed by atoms with E-state index in [1.54, 1.807) is 5.56 Å². The van der Waals surface area contributed by atoms with Crippen molar-refractivity contribution in [3.8, 4) is 0 Å². The van der Waals surface area contributed by atoms with Gasteiger partial charge in [0.2, 0.25) is 0 Å². The molecule has 1 heterocycles. The number of fused-ring (bicyclic) bond motifs is 1. The molecule has 0 amide bonds. The minimum absolute atomic E-state index is 0.537. The molecule has 0 spiro atoms. The van der Waals surface area contributed by atoms with Crippen molar-refractivity contribution >= 4 is 0 Å².